The molecule has 7 nitrogen and oxygen atoms in total. The highest BCUT2D eigenvalue weighted by Gasteiger charge is 2.19. The van der Waals surface area contributed by atoms with Crippen molar-refractivity contribution < 1.29 is 9.47 Å². The molecular weight excluding hydrogens is 414 g/mol. The van der Waals surface area contributed by atoms with Crippen LogP contribution in [-0.2, 0) is 19.5 Å². The van der Waals surface area contributed by atoms with Gasteiger partial charge in [-0.3, -0.25) is 14.9 Å². The second kappa shape index (κ2) is 9.34. The molecule has 166 valence electrons. The van der Waals surface area contributed by atoms with Crippen molar-refractivity contribution in [2.24, 2.45) is 0 Å². The van der Waals surface area contributed by atoms with Crippen LogP contribution in [0.2, 0.25) is 0 Å². The molecule has 4 heterocycles. The van der Waals surface area contributed by atoms with E-state index in [2.05, 4.69) is 20.9 Å². The van der Waals surface area contributed by atoms with Gasteiger partial charge in [-0.25, -0.2) is 9.97 Å². The summed E-state index contributed by atoms with van der Waals surface area (Å²) in [6.07, 6.45) is 8.34. The van der Waals surface area contributed by atoms with Crippen LogP contribution < -0.4 is 9.47 Å². The molecule has 0 fully saturated rings. The zero-order chi connectivity index (χ0) is 22.6. The molecule has 0 saturated carbocycles. The van der Waals surface area contributed by atoms with Gasteiger partial charge in [-0.05, 0) is 42.0 Å². The Morgan fingerprint density at radius 1 is 0.939 bits per heavy atom. The number of fused-ring (bicyclic) bond motifs is 1. The van der Waals surface area contributed by atoms with E-state index in [4.69, 9.17) is 19.4 Å². The number of methoxy groups -OCH3 is 2. The summed E-state index contributed by atoms with van der Waals surface area (Å²) in [5.41, 5.74) is 6.25. The van der Waals surface area contributed by atoms with E-state index < -0.39 is 0 Å². The SMILES string of the molecule is COc1ccc(OC)c(-c2ccc(CN3CCc4nc(-c5ccncc5)ncc4C3)cn2)c1. The van der Waals surface area contributed by atoms with Crippen molar-refractivity contribution in [3.05, 3.63) is 84.1 Å². The summed E-state index contributed by atoms with van der Waals surface area (Å²) in [6.45, 7) is 2.61. The van der Waals surface area contributed by atoms with Crippen molar-refractivity contribution in [3.8, 4) is 34.1 Å². The number of benzene rings is 1. The molecule has 1 aromatic carbocycles. The lowest BCUT2D eigenvalue weighted by Gasteiger charge is -2.28. The molecule has 33 heavy (non-hydrogen) atoms. The predicted molar refractivity (Wildman–Crippen MR) is 126 cm³/mol. The van der Waals surface area contributed by atoms with Gasteiger partial charge < -0.3 is 9.47 Å². The lowest BCUT2D eigenvalue weighted by molar-refractivity contribution is 0.242. The molecule has 1 aliphatic heterocycles. The quantitative estimate of drug-likeness (QED) is 0.446. The van der Waals surface area contributed by atoms with E-state index in [0.29, 0.717) is 0 Å². The summed E-state index contributed by atoms with van der Waals surface area (Å²) in [7, 11) is 3.32. The van der Waals surface area contributed by atoms with Crippen molar-refractivity contribution >= 4 is 0 Å². The van der Waals surface area contributed by atoms with E-state index >= 15 is 0 Å². The molecule has 7 heteroatoms. The van der Waals surface area contributed by atoms with Gasteiger partial charge in [0, 0.05) is 67.5 Å². The van der Waals surface area contributed by atoms with Gasteiger partial charge in [0.1, 0.15) is 11.5 Å². The fraction of sp³-hybridized carbons (Fsp3) is 0.231. The molecular formula is C26H25N5O2. The van der Waals surface area contributed by atoms with Crippen LogP contribution in [0.5, 0.6) is 11.5 Å². The highest BCUT2D eigenvalue weighted by atomic mass is 16.5. The van der Waals surface area contributed by atoms with Gasteiger partial charge in [0.15, 0.2) is 5.82 Å². The Morgan fingerprint density at radius 2 is 1.82 bits per heavy atom. The first-order valence-electron chi connectivity index (χ1n) is 10.9. The number of nitrogens with zero attached hydrogens (tertiary/aromatic N) is 5. The van der Waals surface area contributed by atoms with Gasteiger partial charge in [-0.2, -0.15) is 0 Å². The van der Waals surface area contributed by atoms with Gasteiger partial charge in [0.2, 0.25) is 0 Å². The minimum absolute atomic E-state index is 0.761. The van der Waals surface area contributed by atoms with E-state index in [1.807, 2.05) is 48.8 Å². The molecule has 1 aliphatic rings. The van der Waals surface area contributed by atoms with Gasteiger partial charge in [0.05, 0.1) is 25.6 Å². The van der Waals surface area contributed by atoms with Crippen molar-refractivity contribution in [3.63, 3.8) is 0 Å². The molecule has 0 bridgehead atoms. The van der Waals surface area contributed by atoms with E-state index in [1.165, 1.54) is 11.1 Å². The second-order valence-electron chi connectivity index (χ2n) is 7.98. The van der Waals surface area contributed by atoms with Crippen LogP contribution in [-0.4, -0.2) is 45.6 Å². The average Bonchev–Trinajstić information content (AvgIpc) is 2.89. The third kappa shape index (κ3) is 4.54. The summed E-state index contributed by atoms with van der Waals surface area (Å²) in [4.78, 5) is 20.5. The predicted octanol–water partition coefficient (Wildman–Crippen LogP) is 4.18. The Morgan fingerprint density at radius 3 is 2.58 bits per heavy atom. The Balaban J connectivity index is 1.29. The first-order chi connectivity index (χ1) is 16.2. The van der Waals surface area contributed by atoms with Crippen LogP contribution in [0.15, 0.2) is 67.3 Å². The summed E-state index contributed by atoms with van der Waals surface area (Å²) >= 11 is 0. The topological polar surface area (TPSA) is 73.3 Å². The first kappa shape index (κ1) is 21.0. The maximum absolute atomic E-state index is 5.50. The van der Waals surface area contributed by atoms with E-state index in [0.717, 1.165) is 65.9 Å². The van der Waals surface area contributed by atoms with E-state index in [-0.39, 0.29) is 0 Å². The molecule has 0 radical (unpaired) electrons. The van der Waals surface area contributed by atoms with Crippen molar-refractivity contribution in [1.82, 2.24) is 24.8 Å². The third-order valence-corrected chi connectivity index (χ3v) is 5.87. The summed E-state index contributed by atoms with van der Waals surface area (Å²) in [5, 5.41) is 0. The lowest BCUT2D eigenvalue weighted by atomic mass is 10.1. The number of ether oxygens (including phenoxy) is 2. The van der Waals surface area contributed by atoms with Gasteiger partial charge in [-0.1, -0.05) is 6.07 Å². The maximum Gasteiger partial charge on any atom is 0.159 e. The summed E-state index contributed by atoms with van der Waals surface area (Å²) in [6, 6.07) is 13.8. The number of hydrogen-bond acceptors (Lipinski definition) is 7. The fourth-order valence-electron chi connectivity index (χ4n) is 4.10. The molecule has 0 aliphatic carbocycles. The number of hydrogen-bond donors (Lipinski definition) is 0. The van der Waals surface area contributed by atoms with Gasteiger partial charge in [0.25, 0.3) is 0 Å². The van der Waals surface area contributed by atoms with Crippen LogP contribution in [0.3, 0.4) is 0 Å². The monoisotopic (exact) mass is 439 g/mol. The van der Waals surface area contributed by atoms with E-state index in [9.17, 15) is 0 Å². The molecule has 0 N–H and O–H groups in total. The standard InChI is InChI=1S/C26H25N5O2/c1-32-21-4-6-25(33-2)22(13-21)24-5-3-18(14-28-24)16-31-12-9-23-20(17-31)15-29-26(30-23)19-7-10-27-11-8-19/h3-8,10-11,13-15H,9,12,16-17H2,1-2H3. The Bertz CT molecular complexity index is 1250. The Labute approximate surface area is 193 Å². The maximum atomic E-state index is 5.50. The molecule has 0 spiro atoms. The zero-order valence-corrected chi connectivity index (χ0v) is 18.7. The largest absolute Gasteiger partial charge is 0.497 e. The van der Waals surface area contributed by atoms with Crippen molar-refractivity contribution in [1.29, 1.82) is 0 Å². The first-order valence-corrected chi connectivity index (χ1v) is 10.9. The van der Waals surface area contributed by atoms with Crippen LogP contribution in [0.1, 0.15) is 16.8 Å². The van der Waals surface area contributed by atoms with Crippen molar-refractivity contribution in [2.75, 3.05) is 20.8 Å². The smallest absolute Gasteiger partial charge is 0.159 e. The number of pyridine rings is 2. The average molecular weight is 440 g/mol. The lowest BCUT2D eigenvalue weighted by Crippen LogP contribution is -2.31. The number of aromatic nitrogens is 4. The molecule has 4 aromatic rings. The molecule has 3 aromatic heterocycles. The molecule has 0 saturated heterocycles. The van der Waals surface area contributed by atoms with Crippen LogP contribution in [0, 0.1) is 0 Å². The number of rotatable bonds is 6. The van der Waals surface area contributed by atoms with Gasteiger partial charge in [-0.15, -0.1) is 0 Å². The van der Waals surface area contributed by atoms with Crippen molar-refractivity contribution in [2.45, 2.75) is 19.5 Å². The van der Waals surface area contributed by atoms with E-state index in [1.54, 1.807) is 26.6 Å². The van der Waals surface area contributed by atoms with Crippen LogP contribution in [0.25, 0.3) is 22.6 Å². The highest BCUT2D eigenvalue weighted by Crippen LogP contribution is 2.32. The fourth-order valence-corrected chi connectivity index (χ4v) is 4.10. The zero-order valence-electron chi connectivity index (χ0n) is 18.7. The van der Waals surface area contributed by atoms with Crippen LogP contribution >= 0.6 is 0 Å². The summed E-state index contributed by atoms with van der Waals surface area (Å²) in [5.74, 6) is 2.31. The van der Waals surface area contributed by atoms with Crippen LogP contribution in [0.4, 0.5) is 0 Å². The normalized spacial score (nSPS) is 13.4. The Hall–Kier alpha value is -3.84. The molecule has 0 unspecified atom stereocenters. The second-order valence-corrected chi connectivity index (χ2v) is 7.98. The summed E-state index contributed by atoms with van der Waals surface area (Å²) < 4.78 is 10.9. The minimum atomic E-state index is 0.761. The Kier molecular flexibility index (Phi) is 5.95. The molecule has 0 atom stereocenters. The van der Waals surface area contributed by atoms with Gasteiger partial charge >= 0.3 is 0 Å². The third-order valence-electron chi connectivity index (χ3n) is 5.87. The highest BCUT2D eigenvalue weighted by molar-refractivity contribution is 5.69. The minimum Gasteiger partial charge on any atom is -0.497 e. The molecule has 0 amide bonds. The molecule has 5 rings (SSSR count).